The summed E-state index contributed by atoms with van der Waals surface area (Å²) in [6.45, 7) is 10.5. The second-order valence-corrected chi connectivity index (χ2v) is 16.8. The average Bonchev–Trinajstić information content (AvgIpc) is 4.02. The molecule has 0 aliphatic rings. The lowest BCUT2D eigenvalue weighted by molar-refractivity contribution is -0.432. The van der Waals surface area contributed by atoms with Crippen molar-refractivity contribution in [2.45, 2.75) is 28.5 Å². The Morgan fingerprint density at radius 1 is 0.836 bits per heavy atom. The summed E-state index contributed by atoms with van der Waals surface area (Å²) in [6.07, 6.45) is 2.05. The Hall–Kier alpha value is -8.17. The van der Waals surface area contributed by atoms with Gasteiger partial charge in [-0.3, -0.25) is 13.7 Å². The maximum absolute atomic E-state index is 12.3. The highest BCUT2D eigenvalue weighted by Gasteiger charge is 2.26. The first-order valence-electron chi connectivity index (χ1n) is 17.3. The zero-order chi connectivity index (χ0) is 48.5. The van der Waals surface area contributed by atoms with Crippen LogP contribution in [0.5, 0.6) is 11.8 Å². The van der Waals surface area contributed by atoms with Gasteiger partial charge < -0.3 is 20.8 Å². The minimum absolute atomic E-state index is 0.0669. The molecule has 344 valence electrons. The molecular weight excluding hydrogens is 975 g/mol. The molecule has 36 heteroatoms. The second-order valence-electron chi connectivity index (χ2n) is 12.6. The third-order valence-electron chi connectivity index (χ3n) is 8.52. The molecule has 1 unspecified atom stereocenters. The van der Waals surface area contributed by atoms with Crippen molar-refractivity contribution in [2.75, 3.05) is 11.5 Å². The van der Waals surface area contributed by atoms with Crippen LogP contribution in [0.1, 0.15) is 17.0 Å². The predicted octanol–water partition coefficient (Wildman–Crippen LogP) is 3.79. The van der Waals surface area contributed by atoms with E-state index in [1.807, 2.05) is 6.07 Å². The van der Waals surface area contributed by atoms with E-state index in [9.17, 15) is 45.1 Å². The summed E-state index contributed by atoms with van der Waals surface area (Å²) in [6, 6.07) is 6.93. The van der Waals surface area contributed by atoms with E-state index in [2.05, 4.69) is 70.0 Å². The van der Waals surface area contributed by atoms with Gasteiger partial charge in [0.1, 0.15) is 22.2 Å². The molecule has 5 aromatic heterocycles. The predicted molar refractivity (Wildman–Crippen MR) is 222 cm³/mol. The summed E-state index contributed by atoms with van der Waals surface area (Å²) in [5.74, 6) is -2.60. The van der Waals surface area contributed by atoms with Gasteiger partial charge in [-0.1, -0.05) is 5.04 Å². The summed E-state index contributed by atoms with van der Waals surface area (Å²) in [5, 5.41) is 65.5. The Morgan fingerprint density at radius 3 is 1.99 bits per heavy atom. The standard InChI is InChI=1S/C31H23N19O13S4/c1-13-23(41-43-27-15(10-32)11-36-47(27)19-9-17(66(55,56)57)5-6-21(19)61-65(53)54)25(33)49(45-13)29-38-30(40-31(51)39-29)50-26(34)24(14(2)46-50)42-44-28-18(35-3)12-37-48(28)20-8-16(64-63-62-52)4-7-22(20)67(58,59)60/h4-9,11-12,52H,33-34H2,1-2H3,(H,53,54)(H,55,56,57)(H,58,59,60)(H,38,39,40,51). The zero-order valence-electron chi connectivity index (χ0n) is 33.0. The molecule has 32 nitrogen and oxygen atoms in total. The Kier molecular flexibility index (Phi) is 12.8. The van der Waals surface area contributed by atoms with Crippen molar-refractivity contribution in [1.29, 1.82) is 5.26 Å². The minimum atomic E-state index is -4.90. The van der Waals surface area contributed by atoms with Gasteiger partial charge in [0.15, 0.2) is 40.4 Å². The molecule has 0 radical (unpaired) electrons. The Bertz CT molecular complexity index is 3540. The number of nitrogens with zero attached hydrogens (tertiary/aromatic N) is 17. The van der Waals surface area contributed by atoms with E-state index in [0.717, 1.165) is 61.5 Å². The van der Waals surface area contributed by atoms with E-state index in [0.29, 0.717) is 12.0 Å². The summed E-state index contributed by atoms with van der Waals surface area (Å²) in [4.78, 5) is 14.2. The molecule has 0 aliphatic carbocycles. The van der Waals surface area contributed by atoms with Gasteiger partial charge in [0.25, 0.3) is 37.8 Å². The highest BCUT2D eigenvalue weighted by Crippen LogP contribution is 2.39. The minimum Gasteiger partial charge on any atom is -0.479 e. The van der Waals surface area contributed by atoms with Gasteiger partial charge >= 0.3 is 17.4 Å². The number of aromatic nitrogens is 11. The first-order chi connectivity index (χ1) is 31.7. The van der Waals surface area contributed by atoms with Crippen LogP contribution in [0.15, 0.2) is 83.9 Å². The van der Waals surface area contributed by atoms with E-state index in [4.69, 9.17) is 27.5 Å². The molecule has 0 saturated heterocycles. The first-order valence-corrected chi connectivity index (χ1v) is 22.0. The van der Waals surface area contributed by atoms with Crippen LogP contribution in [0.2, 0.25) is 0 Å². The second kappa shape index (κ2) is 18.4. The number of aromatic hydroxyl groups is 1. The SMILES string of the molecule is [C-]#[N+]c1cnn(-c2cc(SOOO)ccc2S(=O)(=O)O)c1N=Nc1c(C)nn(-c2nc(O)nc(-n3nc(C)c(N=Nc4c(C#N)cnn4-c4cc(S(=O)(=O)O)ccc4OS(=O)O)c3N)n2)c1N. The van der Waals surface area contributed by atoms with Crippen LogP contribution in [0.4, 0.5) is 40.3 Å². The molecule has 2 aromatic carbocycles. The molecule has 0 saturated carbocycles. The molecule has 0 spiro atoms. The summed E-state index contributed by atoms with van der Waals surface area (Å²) >= 11 is -2.47. The third-order valence-corrected chi connectivity index (χ3v) is 11.2. The largest absolute Gasteiger partial charge is 0.479 e. The highest BCUT2D eigenvalue weighted by atomic mass is 32.2. The van der Waals surface area contributed by atoms with E-state index in [1.54, 1.807) is 0 Å². The van der Waals surface area contributed by atoms with Gasteiger partial charge in [-0.2, -0.15) is 71.0 Å². The van der Waals surface area contributed by atoms with Crippen LogP contribution < -0.4 is 15.7 Å². The number of azo groups is 2. The summed E-state index contributed by atoms with van der Waals surface area (Å²) in [5.41, 5.74) is 11.5. The number of nitrogens with two attached hydrogens (primary N) is 2. The van der Waals surface area contributed by atoms with Crippen molar-refractivity contribution in [3.05, 3.63) is 77.2 Å². The molecule has 7 aromatic rings. The lowest BCUT2D eigenvalue weighted by Gasteiger charge is -2.11. The number of anilines is 2. The lowest BCUT2D eigenvalue weighted by atomic mass is 10.3. The van der Waals surface area contributed by atoms with Crippen LogP contribution in [0, 0.1) is 31.8 Å². The van der Waals surface area contributed by atoms with E-state index >= 15 is 0 Å². The topological polar surface area (TPSA) is 454 Å². The Morgan fingerprint density at radius 2 is 1.43 bits per heavy atom. The smallest absolute Gasteiger partial charge is 0.357 e. The molecule has 7 rings (SSSR count). The lowest BCUT2D eigenvalue weighted by Crippen LogP contribution is -2.13. The van der Waals surface area contributed by atoms with Gasteiger partial charge in [0.05, 0.1) is 53.0 Å². The van der Waals surface area contributed by atoms with Gasteiger partial charge in [0, 0.05) is 4.90 Å². The van der Waals surface area contributed by atoms with E-state index in [1.165, 1.54) is 19.9 Å². The molecule has 0 amide bonds. The molecule has 67 heavy (non-hydrogen) atoms. The van der Waals surface area contributed by atoms with Crippen LogP contribution in [-0.2, 0) is 41.0 Å². The van der Waals surface area contributed by atoms with E-state index in [-0.39, 0.29) is 73.6 Å². The van der Waals surface area contributed by atoms with Crippen molar-refractivity contribution in [2.24, 2.45) is 20.5 Å². The molecule has 0 aliphatic heterocycles. The molecular formula is C31H23N19O13S4. The third kappa shape index (κ3) is 9.49. The number of nitrogen functional groups attached to an aromatic ring is 2. The normalized spacial score (nSPS) is 12.5. The molecule has 0 bridgehead atoms. The molecule has 1 atom stereocenters. The number of nitriles is 1. The van der Waals surface area contributed by atoms with Crippen molar-refractivity contribution in [3.8, 4) is 41.1 Å². The maximum atomic E-state index is 12.3. The van der Waals surface area contributed by atoms with Gasteiger partial charge in [-0.05, 0) is 50.2 Å². The Labute approximate surface area is 379 Å². The number of hydrogen-bond acceptors (Lipinski definition) is 25. The number of aryl methyl sites for hydroxylation is 2. The highest BCUT2D eigenvalue weighted by molar-refractivity contribution is 7.94. The fourth-order valence-corrected chi connectivity index (χ4v) is 7.52. The molecule has 5 heterocycles. The number of benzene rings is 2. The average molecular weight is 998 g/mol. The molecule has 0 fully saturated rings. The van der Waals surface area contributed by atoms with Crippen LogP contribution >= 0.6 is 12.0 Å². The quantitative estimate of drug-likeness (QED) is 0.0146. The van der Waals surface area contributed by atoms with Crippen LogP contribution in [0.3, 0.4) is 0 Å². The summed E-state index contributed by atoms with van der Waals surface area (Å²) < 4.78 is 102. The maximum Gasteiger partial charge on any atom is 0.357 e. The van der Waals surface area contributed by atoms with Crippen molar-refractivity contribution in [1.82, 2.24) is 54.1 Å². The van der Waals surface area contributed by atoms with Crippen LogP contribution in [0.25, 0.3) is 28.1 Å². The monoisotopic (exact) mass is 997 g/mol. The zero-order valence-corrected chi connectivity index (χ0v) is 36.3. The van der Waals surface area contributed by atoms with Crippen molar-refractivity contribution in [3.63, 3.8) is 0 Å². The van der Waals surface area contributed by atoms with Gasteiger partial charge in [-0.25, -0.2) is 19.5 Å². The summed E-state index contributed by atoms with van der Waals surface area (Å²) in [7, 11) is -9.72. The number of rotatable bonds is 15. The van der Waals surface area contributed by atoms with Crippen molar-refractivity contribution >= 4 is 84.0 Å². The van der Waals surface area contributed by atoms with Gasteiger partial charge in [0.2, 0.25) is 0 Å². The fourth-order valence-electron chi connectivity index (χ4n) is 5.69. The Balaban J connectivity index is 1.24. The van der Waals surface area contributed by atoms with Gasteiger partial charge in [-0.15, -0.1) is 24.8 Å². The fraction of sp³-hybridized carbons (Fsp3) is 0.0645. The van der Waals surface area contributed by atoms with Crippen LogP contribution in [-0.4, -0.2) is 99.1 Å². The van der Waals surface area contributed by atoms with E-state index < -0.39 is 65.0 Å². The first kappa shape index (κ1) is 46.8. The van der Waals surface area contributed by atoms with Crippen molar-refractivity contribution < 1.29 is 58.6 Å². The number of hydrogen-bond donors (Lipinski definition) is 7. The molecule has 9 N–H and O–H groups in total.